The van der Waals surface area contributed by atoms with E-state index in [1.165, 1.54) is 4.90 Å². The van der Waals surface area contributed by atoms with Crippen LogP contribution in [0.25, 0.3) is 6.08 Å². The third-order valence-electron chi connectivity index (χ3n) is 3.43. The van der Waals surface area contributed by atoms with Crippen molar-refractivity contribution in [3.05, 3.63) is 65.7 Å². The SMILES string of the molecule is CCCCOc1cccc(C(=O)/C=C/c2ccc(SC)cc2)c1. The number of carbonyl (C=O) groups excluding carboxylic acids is 1. The van der Waals surface area contributed by atoms with E-state index in [-0.39, 0.29) is 5.78 Å². The van der Waals surface area contributed by atoms with Gasteiger partial charge in [0.1, 0.15) is 5.75 Å². The zero-order chi connectivity index (χ0) is 16.5. The lowest BCUT2D eigenvalue weighted by Gasteiger charge is -2.06. The van der Waals surface area contributed by atoms with Gasteiger partial charge in [0.2, 0.25) is 0 Å². The molecule has 0 unspecified atom stereocenters. The predicted molar refractivity (Wildman–Crippen MR) is 98.4 cm³/mol. The van der Waals surface area contributed by atoms with E-state index in [1.54, 1.807) is 23.9 Å². The van der Waals surface area contributed by atoms with E-state index in [1.807, 2.05) is 42.7 Å². The molecule has 3 heteroatoms. The maximum absolute atomic E-state index is 12.3. The standard InChI is InChI=1S/C20H22O2S/c1-3-4-14-22-18-7-5-6-17(15-18)20(21)13-10-16-8-11-19(23-2)12-9-16/h5-13,15H,3-4,14H2,1-2H3/b13-10+. The average molecular weight is 326 g/mol. The molecule has 23 heavy (non-hydrogen) atoms. The second-order valence-corrected chi connectivity index (χ2v) is 6.08. The van der Waals surface area contributed by atoms with Crippen LogP contribution in [0.15, 0.2) is 59.5 Å². The predicted octanol–water partition coefficient (Wildman–Crippen LogP) is 5.48. The Labute approximate surface area is 142 Å². The second kappa shape index (κ2) is 9.21. The maximum atomic E-state index is 12.3. The summed E-state index contributed by atoms with van der Waals surface area (Å²) in [5.74, 6) is 0.738. The molecular weight excluding hydrogens is 304 g/mol. The molecule has 0 saturated heterocycles. The molecule has 0 spiro atoms. The Hall–Kier alpha value is -2.00. The fraction of sp³-hybridized carbons (Fsp3) is 0.250. The van der Waals surface area contributed by atoms with Gasteiger partial charge >= 0.3 is 0 Å². The summed E-state index contributed by atoms with van der Waals surface area (Å²) in [4.78, 5) is 13.5. The van der Waals surface area contributed by atoms with Crippen molar-refractivity contribution in [2.45, 2.75) is 24.7 Å². The molecule has 0 aliphatic rings. The van der Waals surface area contributed by atoms with E-state index in [4.69, 9.17) is 4.74 Å². The molecule has 0 atom stereocenters. The Morgan fingerprint density at radius 2 is 1.96 bits per heavy atom. The number of allylic oxidation sites excluding steroid dienone is 1. The van der Waals surface area contributed by atoms with Crippen molar-refractivity contribution in [2.24, 2.45) is 0 Å². The number of ketones is 1. The van der Waals surface area contributed by atoms with Gasteiger partial charge in [-0.3, -0.25) is 4.79 Å². The van der Waals surface area contributed by atoms with Gasteiger partial charge in [-0.25, -0.2) is 0 Å². The third kappa shape index (κ3) is 5.61. The van der Waals surface area contributed by atoms with Crippen LogP contribution < -0.4 is 4.74 Å². The molecule has 0 aliphatic carbocycles. The van der Waals surface area contributed by atoms with Crippen molar-refractivity contribution in [3.8, 4) is 5.75 Å². The number of thioether (sulfide) groups is 1. The molecule has 0 bridgehead atoms. The maximum Gasteiger partial charge on any atom is 0.185 e. The van der Waals surface area contributed by atoms with Crippen LogP contribution in [0.4, 0.5) is 0 Å². The molecule has 0 saturated carbocycles. The summed E-state index contributed by atoms with van der Waals surface area (Å²) < 4.78 is 5.65. The van der Waals surface area contributed by atoms with Crippen molar-refractivity contribution < 1.29 is 9.53 Å². The first-order chi connectivity index (χ1) is 11.2. The van der Waals surface area contributed by atoms with Crippen LogP contribution in [-0.2, 0) is 0 Å². The van der Waals surface area contributed by atoms with Gasteiger partial charge in [0.05, 0.1) is 6.61 Å². The minimum absolute atomic E-state index is 0.0140. The minimum Gasteiger partial charge on any atom is -0.494 e. The van der Waals surface area contributed by atoms with Gasteiger partial charge in [0, 0.05) is 10.5 Å². The molecule has 2 aromatic carbocycles. The fourth-order valence-corrected chi connectivity index (χ4v) is 2.46. The third-order valence-corrected chi connectivity index (χ3v) is 4.17. The fourth-order valence-electron chi connectivity index (χ4n) is 2.06. The summed E-state index contributed by atoms with van der Waals surface area (Å²) in [7, 11) is 0. The number of unbranched alkanes of at least 4 members (excludes halogenated alkanes) is 1. The van der Waals surface area contributed by atoms with E-state index in [0.717, 1.165) is 24.2 Å². The Balaban J connectivity index is 2.01. The number of hydrogen-bond acceptors (Lipinski definition) is 3. The van der Waals surface area contributed by atoms with Gasteiger partial charge in [-0.15, -0.1) is 11.8 Å². The Bertz CT molecular complexity index is 660. The highest BCUT2D eigenvalue weighted by Gasteiger charge is 2.03. The van der Waals surface area contributed by atoms with Gasteiger partial charge in [-0.2, -0.15) is 0 Å². The number of rotatable bonds is 8. The lowest BCUT2D eigenvalue weighted by atomic mass is 10.1. The normalized spacial score (nSPS) is 10.9. The lowest BCUT2D eigenvalue weighted by molar-refractivity contribution is 0.104. The van der Waals surface area contributed by atoms with E-state index < -0.39 is 0 Å². The first-order valence-electron chi connectivity index (χ1n) is 7.82. The largest absolute Gasteiger partial charge is 0.494 e. The molecular formula is C20H22O2S. The topological polar surface area (TPSA) is 26.3 Å². The van der Waals surface area contributed by atoms with Crippen LogP contribution in [0.3, 0.4) is 0 Å². The summed E-state index contributed by atoms with van der Waals surface area (Å²) in [6.45, 7) is 2.81. The summed E-state index contributed by atoms with van der Waals surface area (Å²) in [5.41, 5.74) is 1.67. The van der Waals surface area contributed by atoms with Crippen molar-refractivity contribution >= 4 is 23.6 Å². The van der Waals surface area contributed by atoms with Crippen molar-refractivity contribution in [1.82, 2.24) is 0 Å². The quantitative estimate of drug-likeness (QED) is 0.278. The highest BCUT2D eigenvalue weighted by Crippen LogP contribution is 2.17. The Morgan fingerprint density at radius 1 is 1.17 bits per heavy atom. The van der Waals surface area contributed by atoms with Crippen LogP contribution in [0.5, 0.6) is 5.75 Å². The highest BCUT2D eigenvalue weighted by molar-refractivity contribution is 7.98. The molecule has 120 valence electrons. The van der Waals surface area contributed by atoms with Crippen LogP contribution in [-0.4, -0.2) is 18.6 Å². The summed E-state index contributed by atoms with van der Waals surface area (Å²) in [5, 5.41) is 0. The Kier molecular flexibility index (Phi) is 6.95. The first kappa shape index (κ1) is 17.4. The smallest absolute Gasteiger partial charge is 0.185 e. The average Bonchev–Trinajstić information content (AvgIpc) is 2.60. The Morgan fingerprint density at radius 3 is 2.65 bits per heavy atom. The van der Waals surface area contributed by atoms with E-state index in [9.17, 15) is 4.79 Å². The molecule has 0 heterocycles. The van der Waals surface area contributed by atoms with Crippen LogP contribution in [0, 0.1) is 0 Å². The van der Waals surface area contributed by atoms with Crippen LogP contribution in [0.1, 0.15) is 35.7 Å². The molecule has 0 aromatic heterocycles. The zero-order valence-corrected chi connectivity index (χ0v) is 14.4. The monoisotopic (exact) mass is 326 g/mol. The molecule has 0 fully saturated rings. The van der Waals surface area contributed by atoms with Crippen molar-refractivity contribution in [2.75, 3.05) is 12.9 Å². The highest BCUT2D eigenvalue weighted by atomic mass is 32.2. The van der Waals surface area contributed by atoms with Gasteiger partial charge in [0.25, 0.3) is 0 Å². The first-order valence-corrected chi connectivity index (χ1v) is 9.04. The molecule has 2 nitrogen and oxygen atoms in total. The van der Waals surface area contributed by atoms with Crippen molar-refractivity contribution in [3.63, 3.8) is 0 Å². The summed E-state index contributed by atoms with van der Waals surface area (Å²) >= 11 is 1.70. The number of hydrogen-bond donors (Lipinski definition) is 0. The minimum atomic E-state index is -0.0140. The number of ether oxygens (including phenoxy) is 1. The zero-order valence-electron chi connectivity index (χ0n) is 13.6. The second-order valence-electron chi connectivity index (χ2n) is 5.20. The molecule has 2 rings (SSSR count). The molecule has 0 N–H and O–H groups in total. The molecule has 0 radical (unpaired) electrons. The molecule has 2 aromatic rings. The van der Waals surface area contributed by atoms with Crippen LogP contribution in [0.2, 0.25) is 0 Å². The van der Waals surface area contributed by atoms with E-state index >= 15 is 0 Å². The summed E-state index contributed by atoms with van der Waals surface area (Å²) in [6.07, 6.45) is 7.61. The lowest BCUT2D eigenvalue weighted by Crippen LogP contribution is -1.99. The van der Waals surface area contributed by atoms with Gasteiger partial charge in [0.15, 0.2) is 5.78 Å². The van der Waals surface area contributed by atoms with Crippen LogP contribution >= 0.6 is 11.8 Å². The molecule has 0 amide bonds. The van der Waals surface area contributed by atoms with Gasteiger partial charge in [-0.05, 0) is 48.6 Å². The number of benzene rings is 2. The van der Waals surface area contributed by atoms with E-state index in [2.05, 4.69) is 19.1 Å². The molecule has 0 aliphatic heterocycles. The summed E-state index contributed by atoms with van der Waals surface area (Å²) in [6, 6.07) is 15.5. The number of carbonyl (C=O) groups is 1. The van der Waals surface area contributed by atoms with Gasteiger partial charge < -0.3 is 4.74 Å². The van der Waals surface area contributed by atoms with Gasteiger partial charge in [-0.1, -0.05) is 43.7 Å². The van der Waals surface area contributed by atoms with Crippen molar-refractivity contribution in [1.29, 1.82) is 0 Å². The van der Waals surface area contributed by atoms with E-state index in [0.29, 0.717) is 12.2 Å².